The van der Waals surface area contributed by atoms with Crippen LogP contribution >= 0.6 is 0 Å². The summed E-state index contributed by atoms with van der Waals surface area (Å²) in [5.41, 5.74) is 7.00. The number of nitrogens with one attached hydrogen (secondary N) is 1. The van der Waals surface area contributed by atoms with Gasteiger partial charge in [0.25, 0.3) is 5.91 Å². The lowest BCUT2D eigenvalue weighted by Crippen LogP contribution is -2.25. The Morgan fingerprint density at radius 2 is 2.09 bits per heavy atom. The third-order valence-corrected chi connectivity index (χ3v) is 3.18. The minimum Gasteiger partial charge on any atom is -0.491 e. The van der Waals surface area contributed by atoms with Crippen LogP contribution in [0.1, 0.15) is 44.0 Å². The number of carbonyl (C=O) groups excluding carboxylic acids is 1. The normalized spacial score (nSPS) is 10.7. The van der Waals surface area contributed by atoms with Gasteiger partial charge in [-0.15, -0.1) is 0 Å². The Labute approximate surface area is 133 Å². The van der Waals surface area contributed by atoms with Crippen molar-refractivity contribution in [2.45, 2.75) is 33.6 Å². The molecule has 0 aliphatic carbocycles. The van der Waals surface area contributed by atoms with Crippen LogP contribution in [0.5, 0.6) is 5.75 Å². The van der Waals surface area contributed by atoms with Crippen LogP contribution in [0.2, 0.25) is 0 Å². The maximum absolute atomic E-state index is 12.1. The molecule has 22 heavy (non-hydrogen) atoms. The molecule has 0 aliphatic rings. The van der Waals surface area contributed by atoms with Crippen molar-refractivity contribution in [1.29, 1.82) is 0 Å². The Hall–Kier alpha value is -1.75. The number of carbonyl (C=O) groups is 1. The van der Waals surface area contributed by atoms with Gasteiger partial charge in [-0.2, -0.15) is 0 Å². The number of amides is 1. The molecule has 1 amide bonds. The summed E-state index contributed by atoms with van der Waals surface area (Å²) in [4.78, 5) is 12.1. The zero-order chi connectivity index (χ0) is 16.4. The van der Waals surface area contributed by atoms with Gasteiger partial charge in [0.05, 0.1) is 12.3 Å². The largest absolute Gasteiger partial charge is 0.491 e. The van der Waals surface area contributed by atoms with Crippen LogP contribution in [-0.4, -0.2) is 32.3 Å². The lowest BCUT2D eigenvalue weighted by molar-refractivity contribution is 0.0944. The molecule has 5 nitrogen and oxygen atoms in total. The van der Waals surface area contributed by atoms with E-state index in [2.05, 4.69) is 19.2 Å². The first kappa shape index (κ1) is 18.3. The highest BCUT2D eigenvalue weighted by Crippen LogP contribution is 2.23. The highest BCUT2D eigenvalue weighted by atomic mass is 16.5. The molecule has 0 fully saturated rings. The van der Waals surface area contributed by atoms with Gasteiger partial charge in [0.2, 0.25) is 0 Å². The molecule has 0 radical (unpaired) electrons. The summed E-state index contributed by atoms with van der Waals surface area (Å²) in [5, 5.41) is 2.86. The van der Waals surface area contributed by atoms with Crippen molar-refractivity contribution in [3.63, 3.8) is 0 Å². The maximum atomic E-state index is 12.1. The fourth-order valence-corrected chi connectivity index (χ4v) is 1.83. The second kappa shape index (κ2) is 10.1. The van der Waals surface area contributed by atoms with Crippen LogP contribution in [0.15, 0.2) is 18.2 Å². The van der Waals surface area contributed by atoms with Crippen molar-refractivity contribution in [3.8, 4) is 5.75 Å². The van der Waals surface area contributed by atoms with Gasteiger partial charge in [-0.25, -0.2) is 0 Å². The summed E-state index contributed by atoms with van der Waals surface area (Å²) < 4.78 is 10.9. The number of benzene rings is 1. The first-order chi connectivity index (χ1) is 10.5. The van der Waals surface area contributed by atoms with Crippen molar-refractivity contribution >= 4 is 11.6 Å². The molecule has 0 bridgehead atoms. The lowest BCUT2D eigenvalue weighted by atomic mass is 10.1. The number of rotatable bonds is 10. The second-order valence-electron chi connectivity index (χ2n) is 5.59. The van der Waals surface area contributed by atoms with E-state index >= 15 is 0 Å². The molecule has 1 rings (SSSR count). The monoisotopic (exact) mass is 308 g/mol. The minimum atomic E-state index is -0.120. The zero-order valence-corrected chi connectivity index (χ0v) is 13.9. The van der Waals surface area contributed by atoms with Gasteiger partial charge in [-0.3, -0.25) is 4.79 Å². The van der Waals surface area contributed by atoms with Crippen molar-refractivity contribution in [1.82, 2.24) is 5.32 Å². The number of anilines is 1. The topological polar surface area (TPSA) is 73.6 Å². The molecule has 124 valence electrons. The van der Waals surface area contributed by atoms with E-state index in [4.69, 9.17) is 15.2 Å². The van der Waals surface area contributed by atoms with Gasteiger partial charge in [0, 0.05) is 25.3 Å². The van der Waals surface area contributed by atoms with Crippen LogP contribution in [0.25, 0.3) is 0 Å². The van der Waals surface area contributed by atoms with Gasteiger partial charge < -0.3 is 20.5 Å². The van der Waals surface area contributed by atoms with Crippen LogP contribution in [0.3, 0.4) is 0 Å². The number of hydrogen-bond donors (Lipinski definition) is 2. The van der Waals surface area contributed by atoms with Gasteiger partial charge in [0.15, 0.2) is 0 Å². The number of nitrogens with two attached hydrogens (primary N) is 1. The van der Waals surface area contributed by atoms with Crippen LogP contribution in [0, 0.1) is 5.92 Å². The summed E-state index contributed by atoms with van der Waals surface area (Å²) in [5.74, 6) is 1.02. The van der Waals surface area contributed by atoms with E-state index in [0.717, 1.165) is 12.8 Å². The molecular formula is C17H28N2O3. The van der Waals surface area contributed by atoms with Crippen LogP contribution in [-0.2, 0) is 4.74 Å². The molecule has 0 spiro atoms. The minimum absolute atomic E-state index is 0.120. The Morgan fingerprint density at radius 1 is 1.32 bits per heavy atom. The van der Waals surface area contributed by atoms with Crippen molar-refractivity contribution in [3.05, 3.63) is 23.8 Å². The lowest BCUT2D eigenvalue weighted by Gasteiger charge is -2.12. The van der Waals surface area contributed by atoms with E-state index in [1.54, 1.807) is 18.2 Å². The third-order valence-electron chi connectivity index (χ3n) is 3.18. The number of ether oxygens (including phenoxy) is 2. The maximum Gasteiger partial charge on any atom is 0.251 e. The van der Waals surface area contributed by atoms with Gasteiger partial charge >= 0.3 is 0 Å². The molecule has 0 saturated carbocycles. The molecule has 0 atom stereocenters. The fourth-order valence-electron chi connectivity index (χ4n) is 1.83. The molecule has 0 aliphatic heterocycles. The predicted octanol–water partition coefficient (Wildman–Crippen LogP) is 2.85. The Kier molecular flexibility index (Phi) is 8.36. The Bertz CT molecular complexity index is 461. The highest BCUT2D eigenvalue weighted by molar-refractivity contribution is 5.95. The van der Waals surface area contributed by atoms with Crippen molar-refractivity contribution in [2.24, 2.45) is 5.92 Å². The molecule has 0 heterocycles. The van der Waals surface area contributed by atoms with Gasteiger partial charge in [-0.1, -0.05) is 13.8 Å². The Morgan fingerprint density at radius 3 is 2.77 bits per heavy atom. The quantitative estimate of drug-likeness (QED) is 0.515. The second-order valence-corrected chi connectivity index (χ2v) is 5.59. The van der Waals surface area contributed by atoms with E-state index < -0.39 is 0 Å². The van der Waals surface area contributed by atoms with E-state index in [9.17, 15) is 4.79 Å². The molecule has 0 aromatic heterocycles. The zero-order valence-electron chi connectivity index (χ0n) is 13.9. The van der Waals surface area contributed by atoms with Crippen LogP contribution < -0.4 is 15.8 Å². The summed E-state index contributed by atoms with van der Waals surface area (Å²) in [6.45, 7) is 8.77. The van der Waals surface area contributed by atoms with Gasteiger partial charge in [0.1, 0.15) is 5.75 Å². The highest BCUT2D eigenvalue weighted by Gasteiger charge is 2.09. The molecule has 0 saturated heterocycles. The number of hydrogen-bond acceptors (Lipinski definition) is 4. The van der Waals surface area contributed by atoms with Crippen molar-refractivity contribution < 1.29 is 14.3 Å². The van der Waals surface area contributed by atoms with E-state index in [0.29, 0.717) is 49.3 Å². The standard InChI is InChI=1S/C17H28N2O3/c1-4-21-10-5-9-19-17(20)14-6-7-15(18)16(12-14)22-11-8-13(2)3/h6-7,12-13H,4-5,8-11,18H2,1-3H3,(H,19,20). The molecule has 5 heteroatoms. The van der Waals surface area contributed by atoms with Crippen molar-refractivity contribution in [2.75, 3.05) is 32.1 Å². The Balaban J connectivity index is 2.50. The molecule has 3 N–H and O–H groups in total. The summed E-state index contributed by atoms with van der Waals surface area (Å²) in [7, 11) is 0. The number of nitrogen functional groups attached to an aromatic ring is 1. The van der Waals surface area contributed by atoms with E-state index in [-0.39, 0.29) is 5.91 Å². The van der Waals surface area contributed by atoms with E-state index in [1.165, 1.54) is 0 Å². The average molecular weight is 308 g/mol. The summed E-state index contributed by atoms with van der Waals surface area (Å²) >= 11 is 0. The molecule has 1 aromatic carbocycles. The molecular weight excluding hydrogens is 280 g/mol. The molecule has 1 aromatic rings. The SMILES string of the molecule is CCOCCCNC(=O)c1ccc(N)c(OCCC(C)C)c1. The predicted molar refractivity (Wildman–Crippen MR) is 89.2 cm³/mol. The summed E-state index contributed by atoms with van der Waals surface area (Å²) in [6, 6.07) is 5.12. The third kappa shape index (κ3) is 6.80. The molecule has 0 unspecified atom stereocenters. The first-order valence-corrected chi connectivity index (χ1v) is 7.92. The summed E-state index contributed by atoms with van der Waals surface area (Å²) in [6.07, 6.45) is 1.75. The van der Waals surface area contributed by atoms with Gasteiger partial charge in [-0.05, 0) is 43.9 Å². The van der Waals surface area contributed by atoms with E-state index in [1.807, 2.05) is 6.92 Å². The van der Waals surface area contributed by atoms with Crippen LogP contribution in [0.4, 0.5) is 5.69 Å². The fraction of sp³-hybridized carbons (Fsp3) is 0.588. The smallest absolute Gasteiger partial charge is 0.251 e. The first-order valence-electron chi connectivity index (χ1n) is 7.92. The average Bonchev–Trinajstić information content (AvgIpc) is 2.48.